The van der Waals surface area contributed by atoms with E-state index in [1.807, 2.05) is 11.8 Å². The lowest BCUT2D eigenvalue weighted by molar-refractivity contribution is 0.0575. The first kappa shape index (κ1) is 13.9. The SMILES string of the molecule is CNC(CSc1ccc(C)cc1)C1CCOCC1. The molecule has 0 spiro atoms. The van der Waals surface area contributed by atoms with E-state index >= 15 is 0 Å². The molecule has 1 aromatic carbocycles. The summed E-state index contributed by atoms with van der Waals surface area (Å²) in [7, 11) is 2.08. The molecule has 1 N–H and O–H groups in total. The molecule has 2 nitrogen and oxygen atoms in total. The molecule has 1 fully saturated rings. The van der Waals surface area contributed by atoms with E-state index in [0.29, 0.717) is 6.04 Å². The van der Waals surface area contributed by atoms with Crippen molar-refractivity contribution in [3.8, 4) is 0 Å². The summed E-state index contributed by atoms with van der Waals surface area (Å²) in [6.07, 6.45) is 2.39. The molecule has 1 aliphatic heterocycles. The van der Waals surface area contributed by atoms with Crippen molar-refractivity contribution in [2.24, 2.45) is 5.92 Å². The van der Waals surface area contributed by atoms with Crippen LogP contribution in [0.3, 0.4) is 0 Å². The van der Waals surface area contributed by atoms with Gasteiger partial charge >= 0.3 is 0 Å². The summed E-state index contributed by atoms with van der Waals surface area (Å²) >= 11 is 1.95. The Labute approximate surface area is 114 Å². The summed E-state index contributed by atoms with van der Waals surface area (Å²) in [6.45, 7) is 3.99. The molecule has 0 aromatic heterocycles. The minimum atomic E-state index is 0.597. The lowest BCUT2D eigenvalue weighted by atomic mass is 9.93. The maximum absolute atomic E-state index is 5.44. The van der Waals surface area contributed by atoms with E-state index in [1.165, 1.54) is 23.3 Å². The van der Waals surface area contributed by atoms with Crippen LogP contribution in [-0.2, 0) is 4.74 Å². The molecule has 0 saturated carbocycles. The van der Waals surface area contributed by atoms with E-state index in [2.05, 4.69) is 43.6 Å². The van der Waals surface area contributed by atoms with Crippen molar-refractivity contribution in [1.82, 2.24) is 5.32 Å². The zero-order valence-corrected chi connectivity index (χ0v) is 12.1. The van der Waals surface area contributed by atoms with Gasteiger partial charge in [-0.1, -0.05) is 17.7 Å². The van der Waals surface area contributed by atoms with Gasteiger partial charge in [0.2, 0.25) is 0 Å². The van der Waals surface area contributed by atoms with E-state index in [9.17, 15) is 0 Å². The van der Waals surface area contributed by atoms with Gasteiger partial charge in [-0.3, -0.25) is 0 Å². The Hall–Kier alpha value is -0.510. The molecule has 1 aromatic rings. The molecule has 0 radical (unpaired) electrons. The minimum absolute atomic E-state index is 0.597. The fraction of sp³-hybridized carbons (Fsp3) is 0.600. The van der Waals surface area contributed by atoms with Crippen LogP contribution in [0.25, 0.3) is 0 Å². The molecule has 0 amide bonds. The highest BCUT2D eigenvalue weighted by Gasteiger charge is 2.22. The van der Waals surface area contributed by atoms with Gasteiger partial charge in [-0.05, 0) is 44.9 Å². The Bertz CT molecular complexity index is 346. The molecule has 1 aliphatic rings. The fourth-order valence-corrected chi connectivity index (χ4v) is 3.53. The quantitative estimate of drug-likeness (QED) is 0.827. The number of thioether (sulfide) groups is 1. The van der Waals surface area contributed by atoms with Gasteiger partial charge in [0.1, 0.15) is 0 Å². The molecule has 0 bridgehead atoms. The van der Waals surface area contributed by atoms with Crippen molar-refractivity contribution >= 4 is 11.8 Å². The zero-order valence-electron chi connectivity index (χ0n) is 11.3. The van der Waals surface area contributed by atoms with Gasteiger partial charge in [-0.2, -0.15) is 0 Å². The van der Waals surface area contributed by atoms with Crippen molar-refractivity contribution in [2.75, 3.05) is 26.0 Å². The summed E-state index contributed by atoms with van der Waals surface area (Å²) in [5.74, 6) is 1.91. The van der Waals surface area contributed by atoms with Crippen molar-refractivity contribution in [3.05, 3.63) is 29.8 Å². The van der Waals surface area contributed by atoms with E-state index < -0.39 is 0 Å². The molecule has 1 saturated heterocycles. The van der Waals surface area contributed by atoms with Crippen LogP contribution in [0.2, 0.25) is 0 Å². The number of nitrogens with one attached hydrogen (secondary N) is 1. The maximum atomic E-state index is 5.44. The second-order valence-electron chi connectivity index (χ2n) is 4.97. The number of benzene rings is 1. The predicted molar refractivity (Wildman–Crippen MR) is 78.3 cm³/mol. The highest BCUT2D eigenvalue weighted by Crippen LogP contribution is 2.25. The molecular formula is C15H23NOS. The molecule has 3 heteroatoms. The van der Waals surface area contributed by atoms with Crippen molar-refractivity contribution in [1.29, 1.82) is 0 Å². The van der Waals surface area contributed by atoms with Gasteiger partial charge in [0.25, 0.3) is 0 Å². The number of aryl methyl sites for hydroxylation is 1. The van der Waals surface area contributed by atoms with Gasteiger partial charge < -0.3 is 10.1 Å². The first-order chi connectivity index (χ1) is 8.79. The first-order valence-electron chi connectivity index (χ1n) is 6.74. The fourth-order valence-electron chi connectivity index (χ4n) is 2.39. The molecule has 18 heavy (non-hydrogen) atoms. The predicted octanol–water partition coefficient (Wildman–Crippen LogP) is 3.10. The molecule has 2 rings (SSSR count). The van der Waals surface area contributed by atoms with Crippen molar-refractivity contribution in [2.45, 2.75) is 30.7 Å². The molecule has 1 atom stereocenters. The third-order valence-corrected chi connectivity index (χ3v) is 4.79. The highest BCUT2D eigenvalue weighted by molar-refractivity contribution is 7.99. The lowest BCUT2D eigenvalue weighted by Crippen LogP contribution is -2.38. The second kappa shape index (κ2) is 7.17. The van der Waals surface area contributed by atoms with E-state index in [1.54, 1.807) is 0 Å². The Kier molecular flexibility index (Phi) is 5.54. The Balaban J connectivity index is 1.84. The standard InChI is InChI=1S/C15H23NOS/c1-12-3-5-14(6-4-12)18-11-15(16-2)13-7-9-17-10-8-13/h3-6,13,15-16H,7-11H2,1-2H3. The Morgan fingerprint density at radius 3 is 2.56 bits per heavy atom. The van der Waals surface area contributed by atoms with Gasteiger partial charge in [0, 0.05) is 29.9 Å². The van der Waals surface area contributed by atoms with Gasteiger partial charge in [-0.25, -0.2) is 0 Å². The monoisotopic (exact) mass is 265 g/mol. The number of hydrogen-bond acceptors (Lipinski definition) is 3. The van der Waals surface area contributed by atoms with Crippen molar-refractivity contribution in [3.63, 3.8) is 0 Å². The average molecular weight is 265 g/mol. The number of rotatable bonds is 5. The van der Waals surface area contributed by atoms with Gasteiger partial charge in [0.05, 0.1) is 0 Å². The van der Waals surface area contributed by atoms with E-state index in [4.69, 9.17) is 4.74 Å². The number of hydrogen-bond donors (Lipinski definition) is 1. The third-order valence-electron chi connectivity index (χ3n) is 3.66. The van der Waals surface area contributed by atoms with E-state index in [0.717, 1.165) is 24.9 Å². The third kappa shape index (κ3) is 4.01. The van der Waals surface area contributed by atoms with Crippen molar-refractivity contribution < 1.29 is 4.74 Å². The Morgan fingerprint density at radius 1 is 1.28 bits per heavy atom. The van der Waals surface area contributed by atoms with Crippen LogP contribution >= 0.6 is 11.8 Å². The smallest absolute Gasteiger partial charge is 0.0469 e. The molecule has 1 unspecified atom stereocenters. The van der Waals surface area contributed by atoms with Gasteiger partial charge in [-0.15, -0.1) is 11.8 Å². The van der Waals surface area contributed by atoms with Crippen LogP contribution < -0.4 is 5.32 Å². The van der Waals surface area contributed by atoms with E-state index in [-0.39, 0.29) is 0 Å². The second-order valence-corrected chi connectivity index (χ2v) is 6.06. The largest absolute Gasteiger partial charge is 0.381 e. The minimum Gasteiger partial charge on any atom is -0.381 e. The summed E-state index contributed by atoms with van der Waals surface area (Å²) < 4.78 is 5.44. The van der Waals surface area contributed by atoms with Crippen LogP contribution in [0.5, 0.6) is 0 Å². The zero-order chi connectivity index (χ0) is 12.8. The first-order valence-corrected chi connectivity index (χ1v) is 7.72. The summed E-state index contributed by atoms with van der Waals surface area (Å²) in [5.41, 5.74) is 1.33. The molecule has 0 aliphatic carbocycles. The summed E-state index contributed by atoms with van der Waals surface area (Å²) in [4.78, 5) is 1.37. The van der Waals surface area contributed by atoms with Gasteiger partial charge in [0.15, 0.2) is 0 Å². The molecular weight excluding hydrogens is 242 g/mol. The van der Waals surface area contributed by atoms with Crippen LogP contribution in [0.4, 0.5) is 0 Å². The molecule has 1 heterocycles. The Morgan fingerprint density at radius 2 is 1.94 bits per heavy atom. The van der Waals surface area contributed by atoms with Crippen LogP contribution in [0, 0.1) is 12.8 Å². The summed E-state index contributed by atoms with van der Waals surface area (Å²) in [5, 5.41) is 3.48. The number of ether oxygens (including phenoxy) is 1. The maximum Gasteiger partial charge on any atom is 0.0469 e. The topological polar surface area (TPSA) is 21.3 Å². The van der Waals surface area contributed by atoms with Crippen LogP contribution in [-0.4, -0.2) is 32.1 Å². The average Bonchev–Trinajstić information content (AvgIpc) is 2.43. The summed E-state index contributed by atoms with van der Waals surface area (Å²) in [6, 6.07) is 9.41. The highest BCUT2D eigenvalue weighted by atomic mass is 32.2. The normalized spacial score (nSPS) is 18.8. The lowest BCUT2D eigenvalue weighted by Gasteiger charge is -2.29. The molecule has 100 valence electrons. The van der Waals surface area contributed by atoms with Crippen LogP contribution in [0.1, 0.15) is 18.4 Å². The van der Waals surface area contributed by atoms with Crippen LogP contribution in [0.15, 0.2) is 29.2 Å².